The molecule has 0 aliphatic carbocycles. The summed E-state index contributed by atoms with van der Waals surface area (Å²) >= 11 is 0. The molecule has 2 N–H and O–H groups in total. The van der Waals surface area contributed by atoms with Gasteiger partial charge in [-0.15, -0.1) is 0 Å². The molecule has 20 heavy (non-hydrogen) atoms. The van der Waals surface area contributed by atoms with Crippen molar-refractivity contribution >= 4 is 12.1 Å². The maximum Gasteiger partial charge on any atom is 0.408 e. The maximum absolute atomic E-state index is 12.1. The summed E-state index contributed by atoms with van der Waals surface area (Å²) in [6.07, 6.45) is -7.58. The molecule has 0 saturated carbocycles. The third-order valence-corrected chi connectivity index (χ3v) is 2.24. The Labute approximate surface area is 112 Å². The number of carbonyl (C=O) groups excluding carboxylic acids is 1. The lowest BCUT2D eigenvalue weighted by molar-refractivity contribution is -0.158. The summed E-state index contributed by atoms with van der Waals surface area (Å²) in [4.78, 5) is 21.9. The number of hydrogen-bond acceptors (Lipinski definition) is 3. The Kier molecular flexibility index (Phi) is 5.36. The van der Waals surface area contributed by atoms with E-state index in [1.165, 1.54) is 0 Å². The molecule has 1 amide bonds. The van der Waals surface area contributed by atoms with Gasteiger partial charge in [0.05, 0.1) is 6.42 Å². The number of benzene rings is 1. The molecular formula is C12H12F3NO4. The van der Waals surface area contributed by atoms with Crippen LogP contribution in [-0.2, 0) is 16.1 Å². The van der Waals surface area contributed by atoms with Crippen LogP contribution in [0.1, 0.15) is 12.0 Å². The van der Waals surface area contributed by atoms with E-state index in [4.69, 9.17) is 5.11 Å². The van der Waals surface area contributed by atoms with Crippen LogP contribution in [0.25, 0.3) is 0 Å². The first-order valence-corrected chi connectivity index (χ1v) is 5.54. The van der Waals surface area contributed by atoms with Gasteiger partial charge in [-0.3, -0.25) is 0 Å². The third kappa shape index (κ3) is 6.07. The molecule has 1 aromatic carbocycles. The summed E-state index contributed by atoms with van der Waals surface area (Å²) in [7, 11) is 0. The molecule has 0 saturated heterocycles. The van der Waals surface area contributed by atoms with Gasteiger partial charge in [0.2, 0.25) is 0 Å². The number of alkyl halides is 3. The molecule has 0 aliphatic heterocycles. The van der Waals surface area contributed by atoms with Crippen LogP contribution in [0.4, 0.5) is 18.0 Å². The lowest BCUT2D eigenvalue weighted by atomic mass is 10.2. The van der Waals surface area contributed by atoms with Crippen LogP contribution in [-0.4, -0.2) is 29.4 Å². The highest BCUT2D eigenvalue weighted by Gasteiger charge is 2.36. The number of ether oxygens (including phenoxy) is 1. The summed E-state index contributed by atoms with van der Waals surface area (Å²) < 4.78 is 41.0. The molecule has 0 aliphatic rings. The number of carboxylic acids is 1. The van der Waals surface area contributed by atoms with Crippen molar-refractivity contribution in [1.82, 2.24) is 5.32 Å². The molecule has 1 unspecified atom stereocenters. The SMILES string of the molecule is O=C(NC(CC(F)(F)F)C(=O)O)OCc1ccccc1. The summed E-state index contributed by atoms with van der Waals surface area (Å²) in [5, 5.41) is 10.3. The smallest absolute Gasteiger partial charge is 0.408 e. The second-order valence-electron chi connectivity index (χ2n) is 3.92. The number of rotatable bonds is 5. The topological polar surface area (TPSA) is 75.6 Å². The molecular weight excluding hydrogens is 279 g/mol. The van der Waals surface area contributed by atoms with E-state index in [1.807, 2.05) is 0 Å². The lowest BCUT2D eigenvalue weighted by Gasteiger charge is -2.16. The fraction of sp³-hybridized carbons (Fsp3) is 0.333. The Morgan fingerprint density at radius 1 is 1.25 bits per heavy atom. The van der Waals surface area contributed by atoms with Gasteiger partial charge in [-0.1, -0.05) is 30.3 Å². The van der Waals surface area contributed by atoms with E-state index in [9.17, 15) is 22.8 Å². The van der Waals surface area contributed by atoms with E-state index in [0.717, 1.165) is 0 Å². The van der Waals surface area contributed by atoms with Crippen LogP contribution in [0.5, 0.6) is 0 Å². The second kappa shape index (κ2) is 6.78. The van der Waals surface area contributed by atoms with Crippen molar-refractivity contribution in [1.29, 1.82) is 0 Å². The van der Waals surface area contributed by atoms with Crippen molar-refractivity contribution in [3.05, 3.63) is 35.9 Å². The minimum atomic E-state index is -4.70. The monoisotopic (exact) mass is 291 g/mol. The molecule has 110 valence electrons. The highest BCUT2D eigenvalue weighted by Crippen LogP contribution is 2.21. The number of alkyl carbamates (subject to hydrolysis) is 1. The number of carboxylic acid groups (broad SMARTS) is 1. The molecule has 8 heteroatoms. The Hall–Kier alpha value is -2.25. The standard InChI is InChI=1S/C12H12F3NO4/c13-12(14,15)6-9(10(17)18)16-11(19)20-7-8-4-2-1-3-5-8/h1-5,9H,6-7H2,(H,16,19)(H,17,18). The molecule has 0 heterocycles. The Bertz CT molecular complexity index is 462. The molecule has 0 aromatic heterocycles. The first-order valence-electron chi connectivity index (χ1n) is 5.54. The van der Waals surface area contributed by atoms with Crippen molar-refractivity contribution in [2.45, 2.75) is 25.2 Å². The first-order chi connectivity index (χ1) is 9.28. The summed E-state index contributed by atoms with van der Waals surface area (Å²) in [6.45, 7) is -0.162. The van der Waals surface area contributed by atoms with Gasteiger partial charge in [-0.2, -0.15) is 13.2 Å². The van der Waals surface area contributed by atoms with Gasteiger partial charge in [0.15, 0.2) is 0 Å². The van der Waals surface area contributed by atoms with E-state index in [0.29, 0.717) is 5.56 Å². The van der Waals surface area contributed by atoms with Crippen LogP contribution in [0.3, 0.4) is 0 Å². The average Bonchev–Trinajstić information content (AvgIpc) is 2.35. The Morgan fingerprint density at radius 3 is 2.35 bits per heavy atom. The lowest BCUT2D eigenvalue weighted by Crippen LogP contribution is -2.43. The average molecular weight is 291 g/mol. The van der Waals surface area contributed by atoms with Gasteiger partial charge in [-0.05, 0) is 5.56 Å². The van der Waals surface area contributed by atoms with E-state index >= 15 is 0 Å². The molecule has 0 bridgehead atoms. The van der Waals surface area contributed by atoms with Crippen molar-refractivity contribution in [2.24, 2.45) is 0 Å². The molecule has 5 nitrogen and oxygen atoms in total. The summed E-state index contributed by atoms with van der Waals surface area (Å²) in [6, 6.07) is 6.36. The van der Waals surface area contributed by atoms with Crippen LogP contribution >= 0.6 is 0 Å². The number of carbonyl (C=O) groups is 2. The van der Waals surface area contributed by atoms with Crippen molar-refractivity contribution in [3.63, 3.8) is 0 Å². The van der Waals surface area contributed by atoms with Crippen molar-refractivity contribution < 1.29 is 32.6 Å². The number of halogens is 3. The van der Waals surface area contributed by atoms with Crippen LogP contribution in [0.2, 0.25) is 0 Å². The van der Waals surface area contributed by atoms with Crippen molar-refractivity contribution in [3.8, 4) is 0 Å². The van der Waals surface area contributed by atoms with Crippen LogP contribution in [0, 0.1) is 0 Å². The van der Waals surface area contributed by atoms with E-state index < -0.39 is 30.7 Å². The van der Waals surface area contributed by atoms with Crippen molar-refractivity contribution in [2.75, 3.05) is 0 Å². The second-order valence-corrected chi connectivity index (χ2v) is 3.92. The largest absolute Gasteiger partial charge is 0.480 e. The zero-order valence-electron chi connectivity index (χ0n) is 10.2. The van der Waals surface area contributed by atoms with Crippen LogP contribution < -0.4 is 5.32 Å². The number of nitrogens with one attached hydrogen (secondary N) is 1. The fourth-order valence-corrected chi connectivity index (χ4v) is 1.34. The quantitative estimate of drug-likeness (QED) is 0.873. The minimum Gasteiger partial charge on any atom is -0.480 e. The Morgan fingerprint density at radius 2 is 1.85 bits per heavy atom. The summed E-state index contributed by atoms with van der Waals surface area (Å²) in [5.74, 6) is -1.78. The predicted octanol–water partition coefficient (Wildman–Crippen LogP) is 2.32. The van der Waals surface area contributed by atoms with Crippen LogP contribution in [0.15, 0.2) is 30.3 Å². The van der Waals surface area contributed by atoms with E-state index in [-0.39, 0.29) is 6.61 Å². The van der Waals surface area contributed by atoms with E-state index in [2.05, 4.69) is 4.74 Å². The molecule has 1 atom stereocenters. The van der Waals surface area contributed by atoms with Gasteiger partial charge in [0.1, 0.15) is 12.6 Å². The zero-order chi connectivity index (χ0) is 15.2. The fourth-order valence-electron chi connectivity index (χ4n) is 1.34. The normalized spacial score (nSPS) is 12.6. The maximum atomic E-state index is 12.1. The summed E-state index contributed by atoms with van der Waals surface area (Å²) in [5.41, 5.74) is 0.630. The first kappa shape index (κ1) is 15.8. The minimum absolute atomic E-state index is 0.162. The Balaban J connectivity index is 2.48. The highest BCUT2D eigenvalue weighted by molar-refractivity contribution is 5.79. The third-order valence-electron chi connectivity index (χ3n) is 2.24. The van der Waals surface area contributed by atoms with Gasteiger partial charge in [-0.25, -0.2) is 9.59 Å². The molecule has 0 fully saturated rings. The molecule has 0 spiro atoms. The molecule has 1 aromatic rings. The van der Waals surface area contributed by atoms with Gasteiger partial charge < -0.3 is 15.2 Å². The number of amides is 1. The zero-order valence-corrected chi connectivity index (χ0v) is 10.2. The molecule has 1 rings (SSSR count). The number of aliphatic carboxylic acids is 1. The van der Waals surface area contributed by atoms with E-state index in [1.54, 1.807) is 35.6 Å². The number of hydrogen-bond donors (Lipinski definition) is 2. The van der Waals surface area contributed by atoms with Gasteiger partial charge in [0, 0.05) is 0 Å². The molecule has 0 radical (unpaired) electrons. The predicted molar refractivity (Wildman–Crippen MR) is 61.9 cm³/mol. The van der Waals surface area contributed by atoms with Gasteiger partial charge >= 0.3 is 18.2 Å². The van der Waals surface area contributed by atoms with Gasteiger partial charge in [0.25, 0.3) is 0 Å². The highest BCUT2D eigenvalue weighted by atomic mass is 19.4.